The first-order valence-electron chi connectivity index (χ1n) is 6.93. The zero-order valence-corrected chi connectivity index (χ0v) is 12.6. The Hall–Kier alpha value is -1.03. The van der Waals surface area contributed by atoms with Gasteiger partial charge in [-0.05, 0) is 51.5 Å². The van der Waals surface area contributed by atoms with Crippen molar-refractivity contribution in [3.63, 3.8) is 0 Å². The van der Waals surface area contributed by atoms with Gasteiger partial charge in [0.1, 0.15) is 11.7 Å². The van der Waals surface area contributed by atoms with Gasteiger partial charge in [-0.2, -0.15) is 0 Å². The number of carbonyl (C=O) groups excluding carboxylic acids is 1. The molecule has 0 aliphatic heterocycles. The standard InChI is InChI=1S/C15H26O4/c1-10-6-7-12(9-11(2)13(16)8-10)18-14(17)19-15(3,4)5/h6-7,10-13,16H,8-9H2,1-5H3/b7-6+. The molecule has 4 nitrogen and oxygen atoms in total. The number of allylic oxidation sites excluding steroid dienone is 1. The fraction of sp³-hybridized carbons (Fsp3) is 0.800. The molecule has 0 saturated heterocycles. The second-order valence-electron chi connectivity index (χ2n) is 6.50. The van der Waals surface area contributed by atoms with Gasteiger partial charge < -0.3 is 14.6 Å². The lowest BCUT2D eigenvalue weighted by atomic mass is 9.87. The molecule has 4 atom stereocenters. The summed E-state index contributed by atoms with van der Waals surface area (Å²) in [5.74, 6) is 0.377. The lowest BCUT2D eigenvalue weighted by Gasteiger charge is -2.27. The molecule has 19 heavy (non-hydrogen) atoms. The maximum atomic E-state index is 11.7. The molecule has 0 spiro atoms. The van der Waals surface area contributed by atoms with Crippen LogP contribution >= 0.6 is 0 Å². The summed E-state index contributed by atoms with van der Waals surface area (Å²) in [6.45, 7) is 9.42. The average Bonchev–Trinajstić information content (AvgIpc) is 2.21. The van der Waals surface area contributed by atoms with Gasteiger partial charge in [0.25, 0.3) is 0 Å². The smallest absolute Gasteiger partial charge is 0.429 e. The minimum atomic E-state index is -0.655. The number of carbonyl (C=O) groups is 1. The molecule has 0 heterocycles. The van der Waals surface area contributed by atoms with Crippen molar-refractivity contribution in [2.45, 2.75) is 65.3 Å². The highest BCUT2D eigenvalue weighted by molar-refractivity contribution is 5.61. The van der Waals surface area contributed by atoms with Crippen LogP contribution in [0.4, 0.5) is 4.79 Å². The quantitative estimate of drug-likeness (QED) is 0.587. The molecule has 110 valence electrons. The molecule has 1 rings (SSSR count). The van der Waals surface area contributed by atoms with Crippen LogP contribution in [0.15, 0.2) is 12.2 Å². The molecule has 0 radical (unpaired) electrons. The van der Waals surface area contributed by atoms with E-state index in [1.165, 1.54) is 0 Å². The molecule has 0 fully saturated rings. The van der Waals surface area contributed by atoms with Crippen LogP contribution in [0.5, 0.6) is 0 Å². The molecule has 0 saturated carbocycles. The van der Waals surface area contributed by atoms with Gasteiger partial charge in [0.2, 0.25) is 0 Å². The van der Waals surface area contributed by atoms with Crippen LogP contribution < -0.4 is 0 Å². The van der Waals surface area contributed by atoms with Gasteiger partial charge in [-0.15, -0.1) is 0 Å². The predicted octanol–water partition coefficient (Wildman–Crippen LogP) is 3.29. The third kappa shape index (κ3) is 6.10. The number of hydrogen-bond acceptors (Lipinski definition) is 4. The van der Waals surface area contributed by atoms with Crippen LogP contribution in [0.25, 0.3) is 0 Å². The third-order valence-corrected chi connectivity index (χ3v) is 3.17. The summed E-state index contributed by atoms with van der Waals surface area (Å²) in [7, 11) is 0. The number of hydrogen-bond donors (Lipinski definition) is 1. The van der Waals surface area contributed by atoms with E-state index in [-0.39, 0.29) is 24.0 Å². The molecular formula is C15H26O4. The predicted molar refractivity (Wildman–Crippen MR) is 73.8 cm³/mol. The fourth-order valence-electron chi connectivity index (χ4n) is 2.09. The number of rotatable bonds is 1. The van der Waals surface area contributed by atoms with E-state index < -0.39 is 11.8 Å². The van der Waals surface area contributed by atoms with Crippen LogP contribution in [0, 0.1) is 11.8 Å². The maximum Gasteiger partial charge on any atom is 0.509 e. The van der Waals surface area contributed by atoms with Crippen LogP contribution in [-0.2, 0) is 9.47 Å². The zero-order valence-electron chi connectivity index (χ0n) is 12.6. The summed E-state index contributed by atoms with van der Waals surface area (Å²) in [6, 6.07) is 0. The monoisotopic (exact) mass is 270 g/mol. The van der Waals surface area contributed by atoms with E-state index in [1.54, 1.807) is 20.8 Å². The van der Waals surface area contributed by atoms with E-state index in [1.807, 2.05) is 26.0 Å². The molecule has 0 bridgehead atoms. The first kappa shape index (κ1) is 16.0. The van der Waals surface area contributed by atoms with Crippen LogP contribution in [0.2, 0.25) is 0 Å². The molecule has 1 N–H and O–H groups in total. The van der Waals surface area contributed by atoms with E-state index in [9.17, 15) is 9.90 Å². The van der Waals surface area contributed by atoms with E-state index in [2.05, 4.69) is 0 Å². The minimum absolute atomic E-state index is 0.0971. The van der Waals surface area contributed by atoms with Crippen LogP contribution in [0.1, 0.15) is 47.5 Å². The Labute approximate surface area is 115 Å². The van der Waals surface area contributed by atoms with E-state index >= 15 is 0 Å². The van der Waals surface area contributed by atoms with Gasteiger partial charge in [0.05, 0.1) is 6.10 Å². The highest BCUT2D eigenvalue weighted by atomic mass is 16.7. The lowest BCUT2D eigenvalue weighted by molar-refractivity contribution is -0.0272. The number of ether oxygens (including phenoxy) is 2. The van der Waals surface area contributed by atoms with Crippen molar-refractivity contribution in [2.75, 3.05) is 0 Å². The highest BCUT2D eigenvalue weighted by Gasteiger charge is 2.26. The first-order valence-corrected chi connectivity index (χ1v) is 6.93. The first-order chi connectivity index (χ1) is 8.67. The Morgan fingerprint density at radius 2 is 1.84 bits per heavy atom. The summed E-state index contributed by atoms with van der Waals surface area (Å²) in [5.41, 5.74) is -0.555. The Bertz CT molecular complexity index is 330. The van der Waals surface area contributed by atoms with Crippen molar-refractivity contribution in [2.24, 2.45) is 11.8 Å². The van der Waals surface area contributed by atoms with Crippen molar-refractivity contribution in [1.82, 2.24) is 0 Å². The Morgan fingerprint density at radius 1 is 1.21 bits per heavy atom. The normalized spacial score (nSPS) is 34.0. The third-order valence-electron chi connectivity index (χ3n) is 3.17. The molecule has 1 aliphatic rings. The summed E-state index contributed by atoms with van der Waals surface area (Å²) in [5, 5.41) is 9.99. The summed E-state index contributed by atoms with van der Waals surface area (Å²) >= 11 is 0. The summed E-state index contributed by atoms with van der Waals surface area (Å²) < 4.78 is 10.5. The average molecular weight is 270 g/mol. The molecule has 4 heteroatoms. The largest absolute Gasteiger partial charge is 0.509 e. The highest BCUT2D eigenvalue weighted by Crippen LogP contribution is 2.24. The Balaban J connectivity index is 2.63. The molecule has 0 amide bonds. The SMILES string of the molecule is CC1/C=C/C(OC(=O)OC(C)(C)C)CC(C)C(O)C1. The van der Waals surface area contributed by atoms with Gasteiger partial charge in [-0.3, -0.25) is 0 Å². The van der Waals surface area contributed by atoms with E-state index in [0.29, 0.717) is 6.42 Å². The lowest BCUT2D eigenvalue weighted by Crippen LogP contribution is -2.31. The number of aliphatic hydroxyl groups excluding tert-OH is 1. The van der Waals surface area contributed by atoms with Crippen molar-refractivity contribution in [3.05, 3.63) is 12.2 Å². The van der Waals surface area contributed by atoms with Gasteiger partial charge in [0, 0.05) is 0 Å². The van der Waals surface area contributed by atoms with Gasteiger partial charge >= 0.3 is 6.16 Å². The maximum absolute atomic E-state index is 11.7. The van der Waals surface area contributed by atoms with Crippen LogP contribution in [-0.4, -0.2) is 29.1 Å². The Kier molecular flexibility index (Phi) is 5.41. The molecule has 1 aliphatic carbocycles. The van der Waals surface area contributed by atoms with E-state index in [0.717, 1.165) is 6.42 Å². The van der Waals surface area contributed by atoms with Crippen molar-refractivity contribution in [1.29, 1.82) is 0 Å². The fourth-order valence-corrected chi connectivity index (χ4v) is 2.09. The summed E-state index contributed by atoms with van der Waals surface area (Å²) in [6.07, 6.45) is 3.91. The van der Waals surface area contributed by atoms with Crippen molar-refractivity contribution >= 4 is 6.16 Å². The topological polar surface area (TPSA) is 55.8 Å². The number of aliphatic hydroxyl groups is 1. The van der Waals surface area contributed by atoms with Crippen molar-refractivity contribution < 1.29 is 19.4 Å². The van der Waals surface area contributed by atoms with E-state index in [4.69, 9.17) is 9.47 Å². The minimum Gasteiger partial charge on any atom is -0.429 e. The molecule has 0 aromatic heterocycles. The second-order valence-corrected chi connectivity index (χ2v) is 6.50. The molecule has 0 aromatic carbocycles. The van der Waals surface area contributed by atoms with Crippen molar-refractivity contribution in [3.8, 4) is 0 Å². The van der Waals surface area contributed by atoms with Gasteiger partial charge in [-0.1, -0.05) is 19.9 Å². The van der Waals surface area contributed by atoms with Crippen LogP contribution in [0.3, 0.4) is 0 Å². The van der Waals surface area contributed by atoms with Gasteiger partial charge in [0.15, 0.2) is 0 Å². The van der Waals surface area contributed by atoms with Gasteiger partial charge in [-0.25, -0.2) is 4.79 Å². The second kappa shape index (κ2) is 6.42. The summed E-state index contributed by atoms with van der Waals surface area (Å²) in [4.78, 5) is 11.7. The Morgan fingerprint density at radius 3 is 2.42 bits per heavy atom. The molecular weight excluding hydrogens is 244 g/mol. The molecule has 4 unspecified atom stereocenters. The zero-order chi connectivity index (χ0) is 14.6. The molecule has 0 aromatic rings.